The number of nitrogens with zero attached hydrogens (tertiary/aromatic N) is 8. The number of aromatic amines is 1. The van der Waals surface area contributed by atoms with Gasteiger partial charge in [0.2, 0.25) is 5.95 Å². The molecule has 0 amide bonds. The standard InChI is InChI=1S/C22H24N10O/c1-3-5-18-13-31(20-27-24-15-30(20)2)21(33)32(18)14-22(8-10-23-11-9-22)17-7-4-6-16(12-17)19-25-28-29-26-19/h4,6-13,15,23H,3,5,14H2,1-2H3,(H,25,26,28,29). The minimum Gasteiger partial charge on any atom is -0.368 e. The van der Waals surface area contributed by atoms with Gasteiger partial charge in [-0.1, -0.05) is 43.7 Å². The van der Waals surface area contributed by atoms with E-state index in [1.54, 1.807) is 15.5 Å². The number of imidazole rings is 1. The molecule has 0 saturated heterocycles. The van der Waals surface area contributed by atoms with E-state index in [0.29, 0.717) is 18.3 Å². The summed E-state index contributed by atoms with van der Waals surface area (Å²) in [5.41, 5.74) is 2.14. The average molecular weight is 445 g/mol. The van der Waals surface area contributed by atoms with Crippen LogP contribution in [0.25, 0.3) is 17.3 Å². The third kappa shape index (κ3) is 3.67. The van der Waals surface area contributed by atoms with Crippen LogP contribution in [0, 0.1) is 0 Å². The lowest BCUT2D eigenvalue weighted by molar-refractivity contribution is 0.497. The summed E-state index contributed by atoms with van der Waals surface area (Å²) in [6.45, 7) is 2.53. The summed E-state index contributed by atoms with van der Waals surface area (Å²) < 4.78 is 5.13. The molecule has 1 aliphatic rings. The monoisotopic (exact) mass is 444 g/mol. The Labute approximate surface area is 189 Å². The highest BCUT2D eigenvalue weighted by Crippen LogP contribution is 2.33. The summed E-state index contributed by atoms with van der Waals surface area (Å²) in [6, 6.07) is 8.02. The molecule has 0 spiro atoms. The number of nitrogens with one attached hydrogen (secondary N) is 2. The molecular formula is C22H24N10O. The van der Waals surface area contributed by atoms with E-state index in [1.807, 2.05) is 48.4 Å². The highest BCUT2D eigenvalue weighted by atomic mass is 16.2. The molecule has 3 aromatic heterocycles. The van der Waals surface area contributed by atoms with E-state index in [2.05, 4.69) is 61.3 Å². The largest absolute Gasteiger partial charge is 0.368 e. The van der Waals surface area contributed by atoms with Crippen molar-refractivity contribution in [3.05, 3.63) is 83.1 Å². The van der Waals surface area contributed by atoms with E-state index in [4.69, 9.17) is 0 Å². The van der Waals surface area contributed by atoms with Crippen molar-refractivity contribution in [1.29, 1.82) is 0 Å². The van der Waals surface area contributed by atoms with Crippen molar-refractivity contribution in [3.63, 3.8) is 0 Å². The summed E-state index contributed by atoms with van der Waals surface area (Å²) in [5, 5.41) is 25.4. The Kier molecular flexibility index (Phi) is 5.21. The molecule has 0 bridgehead atoms. The number of aryl methyl sites for hydroxylation is 2. The number of hydrogen-bond acceptors (Lipinski definition) is 7. The molecule has 0 unspecified atom stereocenters. The molecule has 0 fully saturated rings. The molecule has 0 aliphatic carbocycles. The van der Waals surface area contributed by atoms with Gasteiger partial charge < -0.3 is 9.88 Å². The average Bonchev–Trinajstić information content (AvgIpc) is 3.58. The quantitative estimate of drug-likeness (QED) is 0.442. The Morgan fingerprint density at radius 1 is 1.15 bits per heavy atom. The normalized spacial score (nSPS) is 14.5. The summed E-state index contributed by atoms with van der Waals surface area (Å²) >= 11 is 0. The van der Waals surface area contributed by atoms with Gasteiger partial charge in [-0.2, -0.15) is 0 Å². The second kappa shape index (κ2) is 8.34. The number of benzene rings is 1. The van der Waals surface area contributed by atoms with Crippen LogP contribution in [0.3, 0.4) is 0 Å². The molecule has 33 heavy (non-hydrogen) atoms. The first-order chi connectivity index (χ1) is 16.1. The van der Waals surface area contributed by atoms with Gasteiger partial charge in [-0.3, -0.25) is 4.57 Å². The lowest BCUT2D eigenvalue weighted by Crippen LogP contribution is -2.36. The van der Waals surface area contributed by atoms with Crippen molar-refractivity contribution in [2.45, 2.75) is 31.7 Å². The molecule has 168 valence electrons. The van der Waals surface area contributed by atoms with E-state index in [9.17, 15) is 4.79 Å². The van der Waals surface area contributed by atoms with Gasteiger partial charge in [-0.05, 0) is 40.9 Å². The van der Waals surface area contributed by atoms with E-state index < -0.39 is 5.41 Å². The molecule has 1 aliphatic heterocycles. The van der Waals surface area contributed by atoms with E-state index in [0.717, 1.165) is 29.7 Å². The highest BCUT2D eigenvalue weighted by Gasteiger charge is 2.31. The highest BCUT2D eigenvalue weighted by molar-refractivity contribution is 5.57. The molecular weight excluding hydrogens is 420 g/mol. The first-order valence-electron chi connectivity index (χ1n) is 10.7. The SMILES string of the molecule is CCCc1cn(-c2nncn2C)c(=O)n1CC1(c2cccc(-c3nnn[nH]3)c2)C=CNC=C1. The fourth-order valence-electron chi connectivity index (χ4n) is 4.18. The summed E-state index contributed by atoms with van der Waals surface area (Å²) in [7, 11) is 1.82. The molecule has 2 N–H and O–H groups in total. The van der Waals surface area contributed by atoms with Crippen LogP contribution < -0.4 is 11.0 Å². The molecule has 5 rings (SSSR count). The second-order valence-corrected chi connectivity index (χ2v) is 8.06. The molecule has 11 nitrogen and oxygen atoms in total. The van der Waals surface area contributed by atoms with Crippen molar-refractivity contribution in [3.8, 4) is 17.3 Å². The Bertz CT molecular complexity index is 1360. The fraction of sp³-hybridized carbons (Fsp3) is 0.273. The maximum atomic E-state index is 13.6. The van der Waals surface area contributed by atoms with Gasteiger partial charge in [0, 0.05) is 31.0 Å². The predicted octanol–water partition coefficient (Wildman–Crippen LogP) is 1.47. The number of tetrazole rings is 1. The molecule has 4 aromatic rings. The lowest BCUT2D eigenvalue weighted by atomic mass is 9.78. The van der Waals surface area contributed by atoms with Gasteiger partial charge in [-0.15, -0.1) is 15.3 Å². The maximum Gasteiger partial charge on any atom is 0.335 e. The van der Waals surface area contributed by atoms with Crippen molar-refractivity contribution in [2.24, 2.45) is 7.05 Å². The molecule has 0 atom stereocenters. The smallest absolute Gasteiger partial charge is 0.335 e. The second-order valence-electron chi connectivity index (χ2n) is 8.06. The van der Waals surface area contributed by atoms with Crippen molar-refractivity contribution in [2.75, 3.05) is 0 Å². The van der Waals surface area contributed by atoms with Crippen molar-refractivity contribution < 1.29 is 0 Å². The molecule has 0 saturated carbocycles. The van der Waals surface area contributed by atoms with Gasteiger partial charge in [-0.25, -0.2) is 14.5 Å². The predicted molar refractivity (Wildman–Crippen MR) is 121 cm³/mol. The zero-order valence-electron chi connectivity index (χ0n) is 18.4. The van der Waals surface area contributed by atoms with E-state index in [-0.39, 0.29) is 5.69 Å². The summed E-state index contributed by atoms with van der Waals surface area (Å²) in [5.74, 6) is 1.08. The molecule has 4 heterocycles. The minimum absolute atomic E-state index is 0.148. The summed E-state index contributed by atoms with van der Waals surface area (Å²) in [4.78, 5) is 13.6. The van der Waals surface area contributed by atoms with Crippen molar-refractivity contribution >= 4 is 0 Å². The summed E-state index contributed by atoms with van der Waals surface area (Å²) in [6.07, 6.45) is 13.1. The number of dihydropyridines is 1. The topological polar surface area (TPSA) is 124 Å². The van der Waals surface area contributed by atoms with Crippen LogP contribution in [0.2, 0.25) is 0 Å². The van der Waals surface area contributed by atoms with Crippen LogP contribution in [0.5, 0.6) is 0 Å². The maximum absolute atomic E-state index is 13.6. The molecule has 1 aromatic carbocycles. The Hall–Kier alpha value is -4.28. The van der Waals surface area contributed by atoms with Crippen LogP contribution in [0.4, 0.5) is 0 Å². The zero-order chi connectivity index (χ0) is 22.8. The number of allylic oxidation sites excluding steroid dienone is 2. The van der Waals surface area contributed by atoms with Crippen LogP contribution in [0.15, 0.2) is 66.1 Å². The van der Waals surface area contributed by atoms with Crippen LogP contribution in [0.1, 0.15) is 24.6 Å². The number of rotatable bonds is 7. The fourth-order valence-corrected chi connectivity index (χ4v) is 4.18. The minimum atomic E-state index is -0.549. The third-order valence-electron chi connectivity index (χ3n) is 5.86. The molecule has 11 heteroatoms. The first kappa shape index (κ1) is 20.6. The Balaban J connectivity index is 1.62. The van der Waals surface area contributed by atoms with Gasteiger partial charge in [0.1, 0.15) is 6.33 Å². The van der Waals surface area contributed by atoms with Gasteiger partial charge in [0.05, 0.1) is 5.41 Å². The zero-order valence-corrected chi connectivity index (χ0v) is 18.4. The number of aromatic nitrogens is 9. The van der Waals surface area contributed by atoms with Crippen molar-refractivity contribution in [1.82, 2.24) is 49.8 Å². The van der Waals surface area contributed by atoms with Crippen LogP contribution in [-0.4, -0.2) is 44.5 Å². The Morgan fingerprint density at radius 2 is 2.00 bits per heavy atom. The van der Waals surface area contributed by atoms with Crippen LogP contribution >= 0.6 is 0 Å². The molecule has 0 radical (unpaired) electrons. The third-order valence-corrected chi connectivity index (χ3v) is 5.86. The number of hydrogen-bond donors (Lipinski definition) is 2. The van der Waals surface area contributed by atoms with E-state index in [1.165, 1.54) is 0 Å². The van der Waals surface area contributed by atoms with E-state index >= 15 is 0 Å². The van der Waals surface area contributed by atoms with Gasteiger partial charge in [0.25, 0.3) is 0 Å². The van der Waals surface area contributed by atoms with Crippen LogP contribution in [-0.2, 0) is 25.4 Å². The lowest BCUT2D eigenvalue weighted by Gasteiger charge is -2.31. The Morgan fingerprint density at radius 3 is 2.70 bits per heavy atom. The van der Waals surface area contributed by atoms with Gasteiger partial charge in [0.15, 0.2) is 5.82 Å². The first-order valence-corrected chi connectivity index (χ1v) is 10.7. The number of H-pyrrole nitrogens is 1. The van der Waals surface area contributed by atoms with Gasteiger partial charge >= 0.3 is 5.69 Å².